The number of hydrogen-bond donors (Lipinski definition) is 0. The number of carbonyl (C=O) groups is 1. The molecule has 0 aliphatic rings. The van der Waals surface area contributed by atoms with Gasteiger partial charge in [0, 0.05) is 30.2 Å². The van der Waals surface area contributed by atoms with Gasteiger partial charge in [0.2, 0.25) is 0 Å². The van der Waals surface area contributed by atoms with Crippen LogP contribution in [0.2, 0.25) is 0 Å². The molecule has 1 heterocycles. The van der Waals surface area contributed by atoms with E-state index >= 15 is 0 Å². The average molecular weight is 389 g/mol. The first-order valence-corrected chi connectivity index (χ1v) is 9.66. The predicted octanol–water partition coefficient (Wildman–Crippen LogP) is 4.93. The van der Waals surface area contributed by atoms with Gasteiger partial charge in [0.15, 0.2) is 0 Å². The van der Waals surface area contributed by atoms with Crippen LogP contribution in [0.1, 0.15) is 18.9 Å². The van der Waals surface area contributed by atoms with Gasteiger partial charge in [0.1, 0.15) is 11.5 Å². The number of ether oxygens (including phenoxy) is 2. The van der Waals surface area contributed by atoms with Gasteiger partial charge >= 0.3 is 5.97 Å². The van der Waals surface area contributed by atoms with Gasteiger partial charge in [-0.25, -0.2) is 4.79 Å². The van der Waals surface area contributed by atoms with E-state index in [1.165, 1.54) is 12.5 Å². The van der Waals surface area contributed by atoms with Gasteiger partial charge < -0.3 is 14.3 Å². The van der Waals surface area contributed by atoms with Crippen LogP contribution in [0, 0.1) is 6.92 Å². The number of carbonyl (C=O) groups excluding carboxylic acids is 1. The first kappa shape index (κ1) is 18.9. The molecular weight excluding hydrogens is 366 g/mol. The number of aryl methyl sites for hydroxylation is 1. The fourth-order valence-corrected chi connectivity index (χ4v) is 3.31. The summed E-state index contributed by atoms with van der Waals surface area (Å²) in [5, 5.41) is 2.04. The van der Waals surface area contributed by atoms with Crippen LogP contribution >= 0.6 is 0 Å². The summed E-state index contributed by atoms with van der Waals surface area (Å²) in [6, 6.07) is 21.7. The third-order valence-electron chi connectivity index (χ3n) is 4.67. The molecule has 1 aromatic heterocycles. The van der Waals surface area contributed by atoms with Crippen LogP contribution in [0.15, 0.2) is 66.7 Å². The first-order chi connectivity index (χ1) is 14.1. The first-order valence-electron chi connectivity index (χ1n) is 9.66. The molecular formula is C24H23NO4. The van der Waals surface area contributed by atoms with E-state index in [4.69, 9.17) is 14.3 Å². The lowest BCUT2D eigenvalue weighted by molar-refractivity contribution is -0.140. The van der Waals surface area contributed by atoms with Crippen molar-refractivity contribution in [3.8, 4) is 11.5 Å². The molecule has 0 saturated heterocycles. The number of para-hydroxylation sites is 1. The largest absolute Gasteiger partial charge is 0.493 e. The number of rotatable bonds is 7. The zero-order valence-electron chi connectivity index (χ0n) is 16.6. The minimum Gasteiger partial charge on any atom is -0.493 e. The molecule has 0 atom stereocenters. The quantitative estimate of drug-likeness (QED) is 0.421. The van der Waals surface area contributed by atoms with Crippen LogP contribution in [-0.2, 0) is 4.79 Å². The molecule has 0 unspecified atom stereocenters. The lowest BCUT2D eigenvalue weighted by Crippen LogP contribution is -2.15. The van der Waals surface area contributed by atoms with Gasteiger partial charge in [0.25, 0.3) is 0 Å². The fourth-order valence-electron chi connectivity index (χ4n) is 3.31. The van der Waals surface area contributed by atoms with Crippen LogP contribution in [0.4, 0.5) is 0 Å². The second-order valence-corrected chi connectivity index (χ2v) is 6.94. The fraction of sp³-hybridized carbons (Fsp3) is 0.208. The van der Waals surface area contributed by atoms with E-state index in [9.17, 15) is 4.79 Å². The smallest absolute Gasteiger partial charge is 0.329 e. The van der Waals surface area contributed by atoms with Crippen LogP contribution in [0.25, 0.3) is 21.8 Å². The summed E-state index contributed by atoms with van der Waals surface area (Å²) in [6.45, 7) is 4.56. The standard InChI is InChI=1S/C24H23NO4/c1-17-8-10-19(11-9-17)27-14-5-15-28-20-12-13-22-21-6-3-4-7-23(21)25(24(22)16-20)29-18(2)26/h3-4,6-13,16H,5,14-15H2,1-2H3. The van der Waals surface area contributed by atoms with Crippen molar-refractivity contribution in [2.75, 3.05) is 13.2 Å². The van der Waals surface area contributed by atoms with Gasteiger partial charge in [-0.3, -0.25) is 0 Å². The molecule has 0 N–H and O–H groups in total. The normalized spacial score (nSPS) is 11.0. The second kappa shape index (κ2) is 8.27. The Balaban J connectivity index is 1.45. The van der Waals surface area contributed by atoms with Crippen LogP contribution in [-0.4, -0.2) is 23.9 Å². The highest BCUT2D eigenvalue weighted by Gasteiger charge is 2.13. The Labute approximate surface area is 169 Å². The molecule has 0 aliphatic heterocycles. The zero-order valence-corrected chi connectivity index (χ0v) is 16.6. The average Bonchev–Trinajstić information content (AvgIpc) is 3.02. The van der Waals surface area contributed by atoms with Crippen LogP contribution in [0.5, 0.6) is 11.5 Å². The van der Waals surface area contributed by atoms with E-state index in [0.29, 0.717) is 13.2 Å². The molecule has 3 aromatic carbocycles. The number of fused-ring (bicyclic) bond motifs is 3. The Morgan fingerprint density at radius 1 is 0.828 bits per heavy atom. The monoisotopic (exact) mass is 389 g/mol. The van der Waals surface area contributed by atoms with Crippen LogP contribution < -0.4 is 14.3 Å². The molecule has 4 rings (SSSR count). The van der Waals surface area contributed by atoms with E-state index in [2.05, 4.69) is 6.92 Å². The summed E-state index contributed by atoms with van der Waals surface area (Å²) in [7, 11) is 0. The molecule has 29 heavy (non-hydrogen) atoms. The molecule has 0 saturated carbocycles. The van der Waals surface area contributed by atoms with Crippen molar-refractivity contribution in [3.05, 3.63) is 72.3 Å². The number of nitrogens with zero attached hydrogens (tertiary/aromatic N) is 1. The molecule has 0 bridgehead atoms. The highest BCUT2D eigenvalue weighted by Crippen LogP contribution is 2.30. The minimum atomic E-state index is -0.368. The Bertz CT molecular complexity index is 1140. The van der Waals surface area contributed by atoms with Crippen molar-refractivity contribution >= 4 is 27.8 Å². The highest BCUT2D eigenvalue weighted by atomic mass is 16.7. The van der Waals surface area contributed by atoms with E-state index in [1.54, 1.807) is 4.73 Å². The highest BCUT2D eigenvalue weighted by molar-refractivity contribution is 6.08. The molecule has 5 heteroatoms. The summed E-state index contributed by atoms with van der Waals surface area (Å²) in [6.07, 6.45) is 0.763. The van der Waals surface area contributed by atoms with Crippen molar-refractivity contribution in [3.63, 3.8) is 0 Å². The zero-order chi connectivity index (χ0) is 20.2. The van der Waals surface area contributed by atoms with E-state index in [1.807, 2.05) is 66.7 Å². The van der Waals surface area contributed by atoms with Crippen molar-refractivity contribution in [1.29, 1.82) is 0 Å². The second-order valence-electron chi connectivity index (χ2n) is 6.94. The predicted molar refractivity (Wildman–Crippen MR) is 113 cm³/mol. The summed E-state index contributed by atoms with van der Waals surface area (Å²) in [5.74, 6) is 1.22. The number of benzene rings is 3. The van der Waals surface area contributed by atoms with Crippen molar-refractivity contribution < 1.29 is 19.1 Å². The Morgan fingerprint density at radius 3 is 2.24 bits per heavy atom. The Hall–Kier alpha value is -3.47. The molecule has 0 radical (unpaired) electrons. The summed E-state index contributed by atoms with van der Waals surface area (Å²) in [5.41, 5.74) is 2.86. The summed E-state index contributed by atoms with van der Waals surface area (Å²) < 4.78 is 13.2. The third-order valence-corrected chi connectivity index (χ3v) is 4.67. The molecule has 4 aromatic rings. The minimum absolute atomic E-state index is 0.368. The topological polar surface area (TPSA) is 49.7 Å². The third kappa shape index (κ3) is 4.19. The van der Waals surface area contributed by atoms with Crippen LogP contribution in [0.3, 0.4) is 0 Å². The van der Waals surface area contributed by atoms with Crippen molar-refractivity contribution in [1.82, 2.24) is 4.73 Å². The summed E-state index contributed by atoms with van der Waals surface area (Å²) in [4.78, 5) is 17.0. The molecule has 148 valence electrons. The number of hydrogen-bond acceptors (Lipinski definition) is 4. The molecule has 0 spiro atoms. The van der Waals surface area contributed by atoms with Crippen molar-refractivity contribution in [2.45, 2.75) is 20.3 Å². The Morgan fingerprint density at radius 2 is 1.48 bits per heavy atom. The molecule has 5 nitrogen and oxygen atoms in total. The van der Waals surface area contributed by atoms with Gasteiger partial charge in [-0.2, -0.15) is 4.73 Å². The SMILES string of the molecule is CC(=O)On1c2ccccc2c2ccc(OCCCOc3ccc(C)cc3)cc21. The molecule has 0 fully saturated rings. The van der Waals surface area contributed by atoms with Gasteiger partial charge in [-0.15, -0.1) is 0 Å². The van der Waals surface area contributed by atoms with E-state index in [0.717, 1.165) is 39.7 Å². The lowest BCUT2D eigenvalue weighted by atomic mass is 10.1. The van der Waals surface area contributed by atoms with Gasteiger partial charge in [0.05, 0.1) is 24.2 Å². The maximum Gasteiger partial charge on any atom is 0.329 e. The van der Waals surface area contributed by atoms with E-state index < -0.39 is 0 Å². The van der Waals surface area contributed by atoms with Gasteiger partial charge in [-0.05, 0) is 37.3 Å². The molecule has 0 amide bonds. The Kier molecular flexibility index (Phi) is 5.38. The lowest BCUT2D eigenvalue weighted by Gasteiger charge is -2.09. The van der Waals surface area contributed by atoms with E-state index in [-0.39, 0.29) is 5.97 Å². The molecule has 0 aliphatic carbocycles. The maximum absolute atomic E-state index is 11.6. The van der Waals surface area contributed by atoms with Crippen molar-refractivity contribution in [2.24, 2.45) is 0 Å². The summed E-state index contributed by atoms with van der Waals surface area (Å²) >= 11 is 0. The van der Waals surface area contributed by atoms with Gasteiger partial charge in [-0.1, -0.05) is 35.9 Å². The number of aromatic nitrogens is 1. The maximum atomic E-state index is 11.6.